The van der Waals surface area contributed by atoms with Crippen molar-refractivity contribution in [2.45, 2.75) is 37.9 Å². The zero-order chi connectivity index (χ0) is 12.4. The molecule has 1 aliphatic carbocycles. The highest BCUT2D eigenvalue weighted by Crippen LogP contribution is 2.39. The summed E-state index contributed by atoms with van der Waals surface area (Å²) in [6.45, 7) is 4.51. The van der Waals surface area contributed by atoms with Crippen molar-refractivity contribution in [3.63, 3.8) is 0 Å². The molecule has 1 aliphatic rings. The third kappa shape index (κ3) is 2.85. The Balaban J connectivity index is 2.15. The first-order valence-electron chi connectivity index (χ1n) is 6.39. The molecule has 3 unspecified atom stereocenters. The minimum Gasteiger partial charge on any atom is -0.496 e. The van der Waals surface area contributed by atoms with Crippen molar-refractivity contribution < 1.29 is 4.74 Å². The number of aryl methyl sites for hydroxylation is 1. The zero-order valence-electron chi connectivity index (χ0n) is 10.9. The summed E-state index contributed by atoms with van der Waals surface area (Å²) in [4.78, 5) is 0.698. The van der Waals surface area contributed by atoms with E-state index in [2.05, 4.69) is 48.0 Å². The Bertz CT molecular complexity index is 389. The van der Waals surface area contributed by atoms with Gasteiger partial charge in [0.25, 0.3) is 0 Å². The Hall–Kier alpha value is -0.500. The standard InChI is InChI=1S/C15H21BrO/c1-10-4-7-15(17-3)13(8-10)9-12-5-6-14(16)11(12)2/h4,7-8,11-12,14H,5-6,9H2,1-3H3. The van der Waals surface area contributed by atoms with Crippen molar-refractivity contribution >= 4 is 15.9 Å². The third-order valence-corrected chi connectivity index (χ3v) is 5.34. The molecule has 0 heterocycles. The number of ether oxygens (including phenoxy) is 1. The predicted octanol–water partition coefficient (Wildman–Crippen LogP) is 4.36. The van der Waals surface area contributed by atoms with Gasteiger partial charge in [-0.1, -0.05) is 40.5 Å². The molecule has 1 saturated carbocycles. The number of halogens is 1. The minimum absolute atomic E-state index is 0.698. The van der Waals surface area contributed by atoms with Crippen LogP contribution >= 0.6 is 15.9 Å². The van der Waals surface area contributed by atoms with Gasteiger partial charge in [-0.05, 0) is 49.7 Å². The molecule has 0 radical (unpaired) electrons. The van der Waals surface area contributed by atoms with Crippen LogP contribution in [0, 0.1) is 18.8 Å². The molecular weight excluding hydrogens is 276 g/mol. The van der Waals surface area contributed by atoms with E-state index < -0.39 is 0 Å². The lowest BCUT2D eigenvalue weighted by molar-refractivity contribution is 0.388. The maximum atomic E-state index is 5.46. The highest BCUT2D eigenvalue weighted by Gasteiger charge is 2.31. The van der Waals surface area contributed by atoms with Crippen LogP contribution in [-0.2, 0) is 6.42 Å². The lowest BCUT2D eigenvalue weighted by atomic mass is 9.90. The molecule has 2 heteroatoms. The van der Waals surface area contributed by atoms with Crippen LogP contribution in [0.5, 0.6) is 5.75 Å². The van der Waals surface area contributed by atoms with Crippen molar-refractivity contribution in [2.24, 2.45) is 11.8 Å². The number of hydrogen-bond donors (Lipinski definition) is 0. The van der Waals surface area contributed by atoms with Gasteiger partial charge >= 0.3 is 0 Å². The molecule has 0 aromatic heterocycles. The van der Waals surface area contributed by atoms with Crippen LogP contribution in [0.25, 0.3) is 0 Å². The van der Waals surface area contributed by atoms with Gasteiger partial charge in [0.05, 0.1) is 7.11 Å². The molecule has 1 nitrogen and oxygen atoms in total. The van der Waals surface area contributed by atoms with Crippen LogP contribution in [0.4, 0.5) is 0 Å². The van der Waals surface area contributed by atoms with E-state index in [0.29, 0.717) is 4.83 Å². The molecule has 0 bridgehead atoms. The number of rotatable bonds is 3. The zero-order valence-corrected chi connectivity index (χ0v) is 12.5. The number of alkyl halides is 1. The molecule has 2 rings (SSSR count). The van der Waals surface area contributed by atoms with Crippen LogP contribution in [0.1, 0.15) is 30.9 Å². The van der Waals surface area contributed by atoms with E-state index in [1.807, 2.05) is 0 Å². The smallest absolute Gasteiger partial charge is 0.122 e. The van der Waals surface area contributed by atoms with Gasteiger partial charge < -0.3 is 4.74 Å². The molecule has 0 N–H and O–H groups in total. The van der Waals surface area contributed by atoms with Crippen LogP contribution < -0.4 is 4.74 Å². The van der Waals surface area contributed by atoms with Gasteiger partial charge in [0.1, 0.15) is 5.75 Å². The molecule has 1 aromatic rings. The van der Waals surface area contributed by atoms with E-state index in [1.165, 1.54) is 24.0 Å². The Kier molecular flexibility index (Phi) is 4.13. The molecule has 1 fully saturated rings. The SMILES string of the molecule is COc1ccc(C)cc1CC1CCC(Br)C1C. The first kappa shape index (κ1) is 12.9. The summed E-state index contributed by atoms with van der Waals surface area (Å²) in [5.41, 5.74) is 2.69. The van der Waals surface area contributed by atoms with E-state index in [4.69, 9.17) is 4.74 Å². The number of hydrogen-bond acceptors (Lipinski definition) is 1. The van der Waals surface area contributed by atoms with Crippen molar-refractivity contribution in [2.75, 3.05) is 7.11 Å². The molecule has 94 valence electrons. The highest BCUT2D eigenvalue weighted by molar-refractivity contribution is 9.09. The average Bonchev–Trinajstić information content (AvgIpc) is 2.61. The molecule has 3 atom stereocenters. The van der Waals surface area contributed by atoms with Crippen molar-refractivity contribution in [1.82, 2.24) is 0 Å². The second kappa shape index (κ2) is 5.43. The predicted molar refractivity (Wildman–Crippen MR) is 76.0 cm³/mol. The molecule has 17 heavy (non-hydrogen) atoms. The van der Waals surface area contributed by atoms with E-state index in [0.717, 1.165) is 24.0 Å². The molecular formula is C15H21BrO. The second-order valence-electron chi connectivity index (χ2n) is 5.23. The normalized spacial score (nSPS) is 28.4. The highest BCUT2D eigenvalue weighted by atomic mass is 79.9. The first-order chi connectivity index (χ1) is 8.11. The van der Waals surface area contributed by atoms with Gasteiger partial charge in [0, 0.05) is 4.83 Å². The van der Waals surface area contributed by atoms with Gasteiger partial charge in [-0.15, -0.1) is 0 Å². The van der Waals surface area contributed by atoms with Crippen LogP contribution in [0.15, 0.2) is 18.2 Å². The van der Waals surface area contributed by atoms with Crippen LogP contribution in [-0.4, -0.2) is 11.9 Å². The van der Waals surface area contributed by atoms with Gasteiger partial charge in [-0.3, -0.25) is 0 Å². The summed E-state index contributed by atoms with van der Waals surface area (Å²) in [5, 5.41) is 0. The molecule has 0 amide bonds. The maximum Gasteiger partial charge on any atom is 0.122 e. The van der Waals surface area contributed by atoms with Gasteiger partial charge in [-0.25, -0.2) is 0 Å². The number of benzene rings is 1. The van der Waals surface area contributed by atoms with Crippen molar-refractivity contribution in [3.05, 3.63) is 29.3 Å². The van der Waals surface area contributed by atoms with E-state index in [1.54, 1.807) is 7.11 Å². The summed E-state index contributed by atoms with van der Waals surface area (Å²) in [7, 11) is 1.76. The van der Waals surface area contributed by atoms with Crippen LogP contribution in [0.3, 0.4) is 0 Å². The maximum absolute atomic E-state index is 5.46. The van der Waals surface area contributed by atoms with Gasteiger partial charge in [0.2, 0.25) is 0 Å². The quantitative estimate of drug-likeness (QED) is 0.753. The molecule has 0 aliphatic heterocycles. The van der Waals surface area contributed by atoms with Crippen molar-refractivity contribution in [1.29, 1.82) is 0 Å². The molecule has 0 spiro atoms. The minimum atomic E-state index is 0.698. The van der Waals surface area contributed by atoms with Gasteiger partial charge in [0.15, 0.2) is 0 Å². The Morgan fingerprint density at radius 2 is 2.12 bits per heavy atom. The summed E-state index contributed by atoms with van der Waals surface area (Å²) in [6, 6.07) is 6.48. The fraction of sp³-hybridized carbons (Fsp3) is 0.600. The van der Waals surface area contributed by atoms with E-state index in [-0.39, 0.29) is 0 Å². The first-order valence-corrected chi connectivity index (χ1v) is 7.31. The Labute approximate surface area is 113 Å². The third-order valence-electron chi connectivity index (χ3n) is 4.05. The van der Waals surface area contributed by atoms with Crippen molar-refractivity contribution in [3.8, 4) is 5.75 Å². The van der Waals surface area contributed by atoms with Crippen LogP contribution in [0.2, 0.25) is 0 Å². The fourth-order valence-corrected chi connectivity index (χ4v) is 3.53. The Morgan fingerprint density at radius 1 is 1.35 bits per heavy atom. The molecule has 0 saturated heterocycles. The summed E-state index contributed by atoms with van der Waals surface area (Å²) in [6.07, 6.45) is 3.78. The topological polar surface area (TPSA) is 9.23 Å². The lowest BCUT2D eigenvalue weighted by Gasteiger charge is -2.19. The summed E-state index contributed by atoms with van der Waals surface area (Å²) >= 11 is 3.78. The fourth-order valence-electron chi connectivity index (χ4n) is 2.83. The lowest BCUT2D eigenvalue weighted by Crippen LogP contribution is -2.13. The number of methoxy groups -OCH3 is 1. The summed E-state index contributed by atoms with van der Waals surface area (Å²) < 4.78 is 5.46. The average molecular weight is 297 g/mol. The molecule has 1 aromatic carbocycles. The van der Waals surface area contributed by atoms with E-state index >= 15 is 0 Å². The largest absolute Gasteiger partial charge is 0.496 e. The monoisotopic (exact) mass is 296 g/mol. The summed E-state index contributed by atoms with van der Waals surface area (Å²) in [5.74, 6) is 2.59. The van der Waals surface area contributed by atoms with E-state index in [9.17, 15) is 0 Å². The second-order valence-corrected chi connectivity index (χ2v) is 6.41. The Morgan fingerprint density at radius 3 is 2.71 bits per heavy atom. The van der Waals surface area contributed by atoms with Gasteiger partial charge in [-0.2, -0.15) is 0 Å².